The molecular formula is C18H16ClN7. The zero-order valence-electron chi connectivity index (χ0n) is 14.2. The molecule has 0 saturated carbocycles. The second-order valence-electron chi connectivity index (χ2n) is 5.64. The number of anilines is 5. The topological polar surface area (TPSA) is 113 Å². The van der Waals surface area contributed by atoms with Gasteiger partial charge in [0, 0.05) is 16.4 Å². The molecule has 1 heterocycles. The molecule has 2 aromatic carbocycles. The Morgan fingerprint density at radius 3 is 2.27 bits per heavy atom. The van der Waals surface area contributed by atoms with Gasteiger partial charge >= 0.3 is 0 Å². The van der Waals surface area contributed by atoms with Crippen LogP contribution in [0.1, 0.15) is 16.7 Å². The Hall–Kier alpha value is -3.37. The molecule has 3 rings (SSSR count). The summed E-state index contributed by atoms with van der Waals surface area (Å²) in [5.41, 5.74) is 9.84. The van der Waals surface area contributed by atoms with Crippen LogP contribution >= 0.6 is 11.6 Å². The Bertz CT molecular complexity index is 994. The number of aryl methyl sites for hydroxylation is 1. The average molecular weight is 366 g/mol. The lowest BCUT2D eigenvalue weighted by Gasteiger charge is -2.13. The molecule has 1 aromatic heterocycles. The summed E-state index contributed by atoms with van der Waals surface area (Å²) in [6.45, 7) is 3.88. The highest BCUT2D eigenvalue weighted by molar-refractivity contribution is 6.31. The number of nitrogens with two attached hydrogens (primary N) is 1. The van der Waals surface area contributed by atoms with E-state index in [9.17, 15) is 0 Å². The number of hydrogen-bond donors (Lipinski definition) is 3. The largest absolute Gasteiger partial charge is 0.368 e. The summed E-state index contributed by atoms with van der Waals surface area (Å²) in [6, 6.07) is 12.7. The molecule has 0 aliphatic heterocycles. The third-order valence-corrected chi connectivity index (χ3v) is 4.18. The van der Waals surface area contributed by atoms with Crippen LogP contribution in [-0.2, 0) is 0 Å². The van der Waals surface area contributed by atoms with Crippen molar-refractivity contribution in [1.82, 2.24) is 15.0 Å². The van der Waals surface area contributed by atoms with Crippen molar-refractivity contribution in [2.24, 2.45) is 0 Å². The van der Waals surface area contributed by atoms with Gasteiger partial charge in [0.05, 0.1) is 11.6 Å². The van der Waals surface area contributed by atoms with Crippen LogP contribution in [0.5, 0.6) is 0 Å². The van der Waals surface area contributed by atoms with Crippen LogP contribution in [0.3, 0.4) is 0 Å². The molecule has 26 heavy (non-hydrogen) atoms. The van der Waals surface area contributed by atoms with Gasteiger partial charge in [-0.3, -0.25) is 0 Å². The second kappa shape index (κ2) is 7.25. The molecule has 8 heteroatoms. The molecule has 7 nitrogen and oxygen atoms in total. The maximum absolute atomic E-state index is 8.86. The molecule has 0 spiro atoms. The summed E-state index contributed by atoms with van der Waals surface area (Å²) in [6.07, 6.45) is 0. The molecule has 0 aliphatic carbocycles. The molecule has 4 N–H and O–H groups in total. The molecule has 0 aliphatic rings. The lowest BCUT2D eigenvalue weighted by Crippen LogP contribution is -2.08. The first-order valence-electron chi connectivity index (χ1n) is 7.77. The van der Waals surface area contributed by atoms with Crippen molar-refractivity contribution in [3.63, 3.8) is 0 Å². The van der Waals surface area contributed by atoms with Crippen molar-refractivity contribution >= 4 is 40.8 Å². The summed E-state index contributed by atoms with van der Waals surface area (Å²) in [7, 11) is 0. The second-order valence-corrected chi connectivity index (χ2v) is 6.05. The standard InChI is InChI=1S/C18H16ClN7/c1-10-3-8-14(19)11(2)15(10)23-18-25-16(21)24-17(26-18)22-13-6-4-12(9-20)5-7-13/h3-8H,1-2H3,(H4,21,22,23,24,25,26). The van der Waals surface area contributed by atoms with Gasteiger partial charge in [0.2, 0.25) is 17.8 Å². The number of aromatic nitrogens is 3. The molecule has 0 radical (unpaired) electrons. The smallest absolute Gasteiger partial charge is 0.233 e. The number of rotatable bonds is 4. The Labute approximate surface area is 155 Å². The monoisotopic (exact) mass is 365 g/mol. The molecular weight excluding hydrogens is 350 g/mol. The lowest BCUT2D eigenvalue weighted by atomic mass is 10.1. The summed E-state index contributed by atoms with van der Waals surface area (Å²) in [5, 5.41) is 15.7. The van der Waals surface area contributed by atoms with E-state index in [1.807, 2.05) is 26.0 Å². The van der Waals surface area contributed by atoms with Gasteiger partial charge in [-0.2, -0.15) is 20.2 Å². The van der Waals surface area contributed by atoms with Gasteiger partial charge in [-0.05, 0) is 55.3 Å². The third kappa shape index (κ3) is 3.82. The van der Waals surface area contributed by atoms with Crippen LogP contribution in [0.25, 0.3) is 0 Å². The number of nitrogen functional groups attached to an aromatic ring is 1. The zero-order valence-corrected chi connectivity index (χ0v) is 15.0. The zero-order chi connectivity index (χ0) is 18.7. The minimum absolute atomic E-state index is 0.0796. The lowest BCUT2D eigenvalue weighted by molar-refractivity contribution is 1.07. The first kappa shape index (κ1) is 17.5. The van der Waals surface area contributed by atoms with E-state index in [-0.39, 0.29) is 5.95 Å². The molecule has 0 saturated heterocycles. The maximum Gasteiger partial charge on any atom is 0.233 e. The fraction of sp³-hybridized carbons (Fsp3) is 0.111. The first-order chi connectivity index (χ1) is 12.5. The van der Waals surface area contributed by atoms with Crippen molar-refractivity contribution in [3.05, 3.63) is 58.1 Å². The molecule has 0 unspecified atom stereocenters. The first-order valence-corrected chi connectivity index (χ1v) is 8.15. The van der Waals surface area contributed by atoms with E-state index in [0.29, 0.717) is 22.5 Å². The number of benzene rings is 2. The number of nitriles is 1. The van der Waals surface area contributed by atoms with Crippen molar-refractivity contribution in [2.75, 3.05) is 16.4 Å². The predicted molar refractivity (Wildman–Crippen MR) is 103 cm³/mol. The van der Waals surface area contributed by atoms with Crippen LogP contribution in [0.2, 0.25) is 5.02 Å². The van der Waals surface area contributed by atoms with Crippen LogP contribution in [-0.4, -0.2) is 15.0 Å². The van der Waals surface area contributed by atoms with E-state index in [2.05, 4.69) is 31.7 Å². The Kier molecular flexibility index (Phi) is 4.87. The van der Waals surface area contributed by atoms with E-state index >= 15 is 0 Å². The summed E-state index contributed by atoms with van der Waals surface area (Å²) < 4.78 is 0. The Balaban J connectivity index is 1.88. The number of halogens is 1. The van der Waals surface area contributed by atoms with Crippen LogP contribution in [0.4, 0.5) is 29.2 Å². The molecule has 0 atom stereocenters. The van der Waals surface area contributed by atoms with Gasteiger partial charge in [-0.25, -0.2) is 0 Å². The van der Waals surface area contributed by atoms with E-state index in [0.717, 1.165) is 22.5 Å². The molecule has 3 aromatic rings. The maximum atomic E-state index is 8.86. The number of nitrogens with zero attached hydrogens (tertiary/aromatic N) is 4. The van der Waals surface area contributed by atoms with E-state index in [1.165, 1.54) is 0 Å². The fourth-order valence-corrected chi connectivity index (χ4v) is 2.54. The number of nitrogens with one attached hydrogen (secondary N) is 2. The summed E-state index contributed by atoms with van der Waals surface area (Å²) in [5.74, 6) is 0.681. The van der Waals surface area contributed by atoms with E-state index < -0.39 is 0 Å². The molecule has 0 amide bonds. The highest BCUT2D eigenvalue weighted by atomic mass is 35.5. The van der Waals surface area contributed by atoms with Crippen molar-refractivity contribution in [3.8, 4) is 6.07 Å². The summed E-state index contributed by atoms with van der Waals surface area (Å²) >= 11 is 6.19. The average Bonchev–Trinajstić information content (AvgIpc) is 2.62. The van der Waals surface area contributed by atoms with Crippen molar-refractivity contribution in [2.45, 2.75) is 13.8 Å². The molecule has 130 valence electrons. The van der Waals surface area contributed by atoms with Gasteiger partial charge in [0.25, 0.3) is 0 Å². The number of hydrogen-bond acceptors (Lipinski definition) is 7. The fourth-order valence-electron chi connectivity index (χ4n) is 2.39. The van der Waals surface area contributed by atoms with Crippen LogP contribution in [0, 0.1) is 25.2 Å². The normalized spacial score (nSPS) is 10.2. The quantitative estimate of drug-likeness (QED) is 0.638. The van der Waals surface area contributed by atoms with Gasteiger partial charge < -0.3 is 16.4 Å². The highest BCUT2D eigenvalue weighted by Gasteiger charge is 2.10. The molecule has 0 fully saturated rings. The van der Waals surface area contributed by atoms with Crippen LogP contribution in [0.15, 0.2) is 36.4 Å². The molecule has 0 bridgehead atoms. The van der Waals surface area contributed by atoms with Gasteiger partial charge in [-0.15, -0.1) is 0 Å². The van der Waals surface area contributed by atoms with Crippen molar-refractivity contribution in [1.29, 1.82) is 5.26 Å². The van der Waals surface area contributed by atoms with E-state index in [1.54, 1.807) is 24.3 Å². The SMILES string of the molecule is Cc1ccc(Cl)c(C)c1Nc1nc(N)nc(Nc2ccc(C#N)cc2)n1. The third-order valence-electron chi connectivity index (χ3n) is 3.77. The minimum Gasteiger partial charge on any atom is -0.368 e. The predicted octanol–water partition coefficient (Wildman–Crippen LogP) is 4.08. The summed E-state index contributed by atoms with van der Waals surface area (Å²) in [4.78, 5) is 12.6. The minimum atomic E-state index is 0.0796. The van der Waals surface area contributed by atoms with Gasteiger partial charge in [0.1, 0.15) is 0 Å². The Morgan fingerprint density at radius 1 is 0.962 bits per heavy atom. The Morgan fingerprint density at radius 2 is 1.62 bits per heavy atom. The van der Waals surface area contributed by atoms with Gasteiger partial charge in [-0.1, -0.05) is 17.7 Å². The van der Waals surface area contributed by atoms with Crippen molar-refractivity contribution < 1.29 is 0 Å². The van der Waals surface area contributed by atoms with Crippen LogP contribution < -0.4 is 16.4 Å². The highest BCUT2D eigenvalue weighted by Crippen LogP contribution is 2.29. The van der Waals surface area contributed by atoms with E-state index in [4.69, 9.17) is 22.6 Å². The van der Waals surface area contributed by atoms with Gasteiger partial charge in [0.15, 0.2) is 0 Å².